The lowest BCUT2D eigenvalue weighted by Crippen LogP contribution is -2.20. The van der Waals surface area contributed by atoms with Crippen molar-refractivity contribution in [3.8, 4) is 0 Å². The molecule has 0 radical (unpaired) electrons. The van der Waals surface area contributed by atoms with Gasteiger partial charge in [-0.1, -0.05) is 11.6 Å². The van der Waals surface area contributed by atoms with Crippen LogP contribution in [0.3, 0.4) is 0 Å². The summed E-state index contributed by atoms with van der Waals surface area (Å²) in [7, 11) is 0. The molecule has 1 aliphatic heterocycles. The highest BCUT2D eigenvalue weighted by Crippen LogP contribution is 2.56. The number of fused-ring (bicyclic) bond motifs is 2. The van der Waals surface area contributed by atoms with E-state index in [2.05, 4.69) is 27.3 Å². The maximum Gasteiger partial charge on any atom is 0.0607 e. The summed E-state index contributed by atoms with van der Waals surface area (Å²) in [5.74, 6) is 0. The highest BCUT2D eigenvalue weighted by molar-refractivity contribution is 9.10. The van der Waals surface area contributed by atoms with Gasteiger partial charge < -0.3 is 11.1 Å². The number of hydrogen-bond acceptors (Lipinski definition) is 2. The van der Waals surface area contributed by atoms with Gasteiger partial charge in [0.1, 0.15) is 0 Å². The van der Waals surface area contributed by atoms with Crippen molar-refractivity contribution in [1.29, 1.82) is 0 Å². The molecule has 1 aromatic rings. The molecule has 4 heteroatoms. The minimum Gasteiger partial charge on any atom is -0.384 e. The molecule has 1 fully saturated rings. The number of halogens is 2. The topological polar surface area (TPSA) is 38.0 Å². The van der Waals surface area contributed by atoms with Gasteiger partial charge in [-0.25, -0.2) is 0 Å². The molecule has 0 amide bonds. The van der Waals surface area contributed by atoms with Crippen LogP contribution in [-0.2, 0) is 5.41 Å². The smallest absolute Gasteiger partial charge is 0.0607 e. The fourth-order valence-electron chi connectivity index (χ4n) is 2.35. The lowest BCUT2D eigenvalue weighted by atomic mass is 9.97. The molecule has 2 nitrogen and oxygen atoms in total. The summed E-state index contributed by atoms with van der Waals surface area (Å²) in [5.41, 5.74) is 8.46. The largest absolute Gasteiger partial charge is 0.384 e. The molecule has 2 unspecified atom stereocenters. The molecule has 0 bridgehead atoms. The Balaban J connectivity index is 2.23. The summed E-state index contributed by atoms with van der Waals surface area (Å²) in [6.07, 6.45) is 1.04. The van der Waals surface area contributed by atoms with Gasteiger partial charge in [0.05, 0.1) is 5.02 Å². The number of rotatable bonds is 0. The van der Waals surface area contributed by atoms with E-state index in [1.165, 1.54) is 5.56 Å². The number of nitrogens with two attached hydrogens (primary N) is 1. The lowest BCUT2D eigenvalue weighted by molar-refractivity contribution is 0.733. The Morgan fingerprint density at radius 3 is 2.93 bits per heavy atom. The van der Waals surface area contributed by atoms with E-state index in [-0.39, 0.29) is 11.5 Å². The molecule has 1 saturated carbocycles. The van der Waals surface area contributed by atoms with Crippen LogP contribution in [0.15, 0.2) is 16.6 Å². The zero-order chi connectivity index (χ0) is 9.92. The molecule has 1 aliphatic carbocycles. The first kappa shape index (κ1) is 9.01. The molecule has 1 aromatic carbocycles. The molecule has 0 saturated heterocycles. The standard InChI is InChI=1S/C10H10BrClN2/c11-5-1-2-6-8(9(5)12)10(4-14-6)3-7(10)13/h1-2,7,14H,3-4,13H2. The van der Waals surface area contributed by atoms with E-state index in [1.54, 1.807) is 0 Å². The number of hydrogen-bond donors (Lipinski definition) is 2. The first-order chi connectivity index (χ1) is 6.65. The zero-order valence-corrected chi connectivity index (χ0v) is 9.82. The van der Waals surface area contributed by atoms with Crippen molar-refractivity contribution in [3.05, 3.63) is 27.2 Å². The fraction of sp³-hybridized carbons (Fsp3) is 0.400. The Morgan fingerprint density at radius 2 is 2.29 bits per heavy atom. The summed E-state index contributed by atoms with van der Waals surface area (Å²) < 4.78 is 0.958. The van der Waals surface area contributed by atoms with Crippen molar-refractivity contribution in [2.75, 3.05) is 11.9 Å². The second kappa shape index (κ2) is 2.65. The van der Waals surface area contributed by atoms with Crippen molar-refractivity contribution >= 4 is 33.2 Å². The molecule has 0 aromatic heterocycles. The number of benzene rings is 1. The normalized spacial score (nSPS) is 32.9. The first-order valence-electron chi connectivity index (χ1n) is 4.63. The van der Waals surface area contributed by atoms with Gasteiger partial charge in [-0.15, -0.1) is 0 Å². The molecule has 3 N–H and O–H groups in total. The van der Waals surface area contributed by atoms with Crippen LogP contribution in [0.25, 0.3) is 0 Å². The van der Waals surface area contributed by atoms with E-state index in [4.69, 9.17) is 17.3 Å². The van der Waals surface area contributed by atoms with Crippen molar-refractivity contribution in [2.45, 2.75) is 17.9 Å². The molecule has 1 heterocycles. The summed E-state index contributed by atoms with van der Waals surface area (Å²) >= 11 is 9.73. The highest BCUT2D eigenvalue weighted by atomic mass is 79.9. The van der Waals surface area contributed by atoms with Crippen LogP contribution in [-0.4, -0.2) is 12.6 Å². The van der Waals surface area contributed by atoms with Crippen LogP contribution in [0.4, 0.5) is 5.69 Å². The van der Waals surface area contributed by atoms with Gasteiger partial charge in [0, 0.05) is 33.7 Å². The van der Waals surface area contributed by atoms with Crippen molar-refractivity contribution in [3.63, 3.8) is 0 Å². The van der Waals surface area contributed by atoms with E-state index in [0.29, 0.717) is 0 Å². The summed E-state index contributed by atoms with van der Waals surface area (Å²) in [6, 6.07) is 4.30. The molecule has 1 spiro atoms. The third-order valence-electron chi connectivity index (χ3n) is 3.32. The fourth-order valence-corrected chi connectivity index (χ4v) is 3.03. The Kier molecular flexibility index (Phi) is 1.71. The van der Waals surface area contributed by atoms with E-state index in [9.17, 15) is 0 Å². The zero-order valence-electron chi connectivity index (χ0n) is 7.48. The third kappa shape index (κ3) is 0.953. The van der Waals surface area contributed by atoms with Gasteiger partial charge in [-0.05, 0) is 34.5 Å². The minimum absolute atomic E-state index is 0.121. The van der Waals surface area contributed by atoms with Crippen LogP contribution in [0.2, 0.25) is 5.02 Å². The Labute approximate surface area is 95.9 Å². The molecular weight excluding hydrogens is 263 g/mol. The average Bonchev–Trinajstić information content (AvgIpc) is 2.64. The van der Waals surface area contributed by atoms with Crippen molar-refractivity contribution < 1.29 is 0 Å². The molecular formula is C10H10BrClN2. The lowest BCUT2D eigenvalue weighted by Gasteiger charge is -2.10. The maximum absolute atomic E-state index is 6.29. The summed E-state index contributed by atoms with van der Waals surface area (Å²) in [4.78, 5) is 0. The monoisotopic (exact) mass is 272 g/mol. The maximum atomic E-state index is 6.29. The molecule has 2 aliphatic rings. The van der Waals surface area contributed by atoms with Gasteiger partial charge >= 0.3 is 0 Å². The number of nitrogens with one attached hydrogen (secondary N) is 1. The van der Waals surface area contributed by atoms with E-state index in [1.807, 2.05) is 6.07 Å². The quantitative estimate of drug-likeness (QED) is 0.762. The predicted octanol–water partition coefficient (Wildman–Crippen LogP) is 2.50. The second-order valence-electron chi connectivity index (χ2n) is 4.10. The Bertz CT molecular complexity index is 421. The van der Waals surface area contributed by atoms with E-state index >= 15 is 0 Å². The number of anilines is 1. The minimum atomic E-state index is 0.121. The molecule has 74 valence electrons. The van der Waals surface area contributed by atoms with Crippen LogP contribution in [0.5, 0.6) is 0 Å². The van der Waals surface area contributed by atoms with Crippen molar-refractivity contribution in [1.82, 2.24) is 0 Å². The van der Waals surface area contributed by atoms with Gasteiger partial charge in [-0.3, -0.25) is 0 Å². The average molecular weight is 274 g/mol. The van der Waals surface area contributed by atoms with Gasteiger partial charge in [0.2, 0.25) is 0 Å². The second-order valence-corrected chi connectivity index (χ2v) is 5.34. The third-order valence-corrected chi connectivity index (χ3v) is 4.60. The predicted molar refractivity (Wildman–Crippen MR) is 61.9 cm³/mol. The van der Waals surface area contributed by atoms with Crippen LogP contribution >= 0.6 is 27.5 Å². The van der Waals surface area contributed by atoms with E-state index < -0.39 is 0 Å². The highest BCUT2D eigenvalue weighted by Gasteiger charge is 2.57. The van der Waals surface area contributed by atoms with Gasteiger partial charge in [0.15, 0.2) is 0 Å². The van der Waals surface area contributed by atoms with E-state index in [0.717, 1.165) is 28.1 Å². The van der Waals surface area contributed by atoms with Crippen LogP contribution in [0, 0.1) is 0 Å². The Morgan fingerprint density at radius 1 is 1.57 bits per heavy atom. The SMILES string of the molecule is NC1CC12CNc1ccc(Br)c(Cl)c12. The van der Waals surface area contributed by atoms with Gasteiger partial charge in [0.25, 0.3) is 0 Å². The molecule has 14 heavy (non-hydrogen) atoms. The first-order valence-corrected chi connectivity index (χ1v) is 5.80. The summed E-state index contributed by atoms with van der Waals surface area (Å²) in [5, 5.41) is 4.19. The molecule has 3 rings (SSSR count). The molecule has 2 atom stereocenters. The summed E-state index contributed by atoms with van der Waals surface area (Å²) in [6.45, 7) is 0.930. The van der Waals surface area contributed by atoms with Crippen LogP contribution in [0.1, 0.15) is 12.0 Å². The van der Waals surface area contributed by atoms with Crippen LogP contribution < -0.4 is 11.1 Å². The van der Waals surface area contributed by atoms with Crippen molar-refractivity contribution in [2.24, 2.45) is 5.73 Å². The Hall–Kier alpha value is -0.250. The van der Waals surface area contributed by atoms with Gasteiger partial charge in [-0.2, -0.15) is 0 Å².